The number of fused-ring (bicyclic) bond motifs is 1. The summed E-state index contributed by atoms with van der Waals surface area (Å²) >= 11 is 0. The van der Waals surface area contributed by atoms with Crippen molar-refractivity contribution in [1.29, 1.82) is 5.26 Å². The molecule has 0 N–H and O–H groups in total. The Morgan fingerprint density at radius 3 is 2.71 bits per heavy atom. The molecular weight excluding hydrogens is 308 g/mol. The molecule has 0 fully saturated rings. The normalized spacial score (nSPS) is 15.9. The van der Waals surface area contributed by atoms with Crippen LogP contribution in [0.3, 0.4) is 0 Å². The van der Waals surface area contributed by atoms with Gasteiger partial charge in [0.1, 0.15) is 12.8 Å². The van der Waals surface area contributed by atoms with E-state index in [1.54, 1.807) is 12.1 Å². The van der Waals surface area contributed by atoms with E-state index in [0.717, 1.165) is 0 Å². The smallest absolute Gasteiger partial charge is 0.273 e. The molecule has 6 nitrogen and oxygen atoms in total. The number of nitriles is 1. The van der Waals surface area contributed by atoms with Gasteiger partial charge in [-0.15, -0.1) is 0 Å². The van der Waals surface area contributed by atoms with Gasteiger partial charge in [0.2, 0.25) is 6.10 Å². The van der Waals surface area contributed by atoms with Gasteiger partial charge in [0.25, 0.3) is 5.91 Å². The first-order valence-electron chi connectivity index (χ1n) is 7.26. The summed E-state index contributed by atoms with van der Waals surface area (Å²) in [7, 11) is 1.45. The number of rotatable bonds is 4. The molecular formula is C18H14N2O4. The highest BCUT2D eigenvalue weighted by atomic mass is 16.5. The molecule has 0 spiro atoms. The lowest BCUT2D eigenvalue weighted by molar-refractivity contribution is -0.126. The van der Waals surface area contributed by atoms with Crippen LogP contribution in [-0.2, 0) is 4.79 Å². The van der Waals surface area contributed by atoms with Gasteiger partial charge in [-0.1, -0.05) is 30.3 Å². The lowest BCUT2D eigenvalue weighted by atomic mass is 10.0. The molecule has 24 heavy (non-hydrogen) atoms. The van der Waals surface area contributed by atoms with E-state index in [9.17, 15) is 9.59 Å². The van der Waals surface area contributed by atoms with Crippen molar-refractivity contribution >= 4 is 17.9 Å². The standard InChI is InChI=1S/C18H14N2O4/c1-23-15-10-12(11-21)9-14-17(15)24-16(13-5-3-2-4-6-13)18(22)20(14)8-7-19/h2-6,9-11,16H,8H2,1H3. The summed E-state index contributed by atoms with van der Waals surface area (Å²) in [5.74, 6) is 0.318. The summed E-state index contributed by atoms with van der Waals surface area (Å²) in [6.45, 7) is -0.149. The topological polar surface area (TPSA) is 79.6 Å². The molecule has 120 valence electrons. The van der Waals surface area contributed by atoms with Crippen LogP contribution in [0.5, 0.6) is 11.5 Å². The van der Waals surface area contributed by atoms with E-state index in [1.807, 2.05) is 24.3 Å². The molecule has 1 aliphatic rings. The number of hydrogen-bond acceptors (Lipinski definition) is 5. The fourth-order valence-corrected chi connectivity index (χ4v) is 2.65. The molecule has 1 amide bonds. The lowest BCUT2D eigenvalue weighted by Gasteiger charge is -2.34. The third-order valence-corrected chi connectivity index (χ3v) is 3.76. The number of aldehydes is 1. The lowest BCUT2D eigenvalue weighted by Crippen LogP contribution is -2.41. The maximum atomic E-state index is 12.8. The number of carbonyl (C=O) groups is 2. The Morgan fingerprint density at radius 1 is 1.33 bits per heavy atom. The highest BCUT2D eigenvalue weighted by molar-refractivity contribution is 6.02. The van der Waals surface area contributed by atoms with E-state index in [0.29, 0.717) is 34.6 Å². The zero-order valence-electron chi connectivity index (χ0n) is 12.9. The Hall–Kier alpha value is -3.33. The monoisotopic (exact) mass is 322 g/mol. The maximum absolute atomic E-state index is 12.8. The van der Waals surface area contributed by atoms with Crippen LogP contribution in [0.4, 0.5) is 5.69 Å². The summed E-state index contributed by atoms with van der Waals surface area (Å²) in [5.41, 5.74) is 1.37. The number of nitrogens with zero attached hydrogens (tertiary/aromatic N) is 2. The second-order valence-corrected chi connectivity index (χ2v) is 5.18. The quantitative estimate of drug-likeness (QED) is 0.638. The van der Waals surface area contributed by atoms with Gasteiger partial charge in [-0.3, -0.25) is 14.5 Å². The molecule has 1 heterocycles. The first-order valence-corrected chi connectivity index (χ1v) is 7.26. The molecule has 3 rings (SSSR count). The van der Waals surface area contributed by atoms with Crippen molar-refractivity contribution < 1.29 is 19.1 Å². The Balaban J connectivity index is 2.16. The zero-order chi connectivity index (χ0) is 17.1. The number of amides is 1. The third-order valence-electron chi connectivity index (χ3n) is 3.76. The van der Waals surface area contributed by atoms with Crippen LogP contribution >= 0.6 is 0 Å². The van der Waals surface area contributed by atoms with Gasteiger partial charge in [-0.25, -0.2) is 0 Å². The first kappa shape index (κ1) is 15.6. The second-order valence-electron chi connectivity index (χ2n) is 5.18. The van der Waals surface area contributed by atoms with Crippen LogP contribution in [0.2, 0.25) is 0 Å². The maximum Gasteiger partial charge on any atom is 0.273 e. The summed E-state index contributed by atoms with van der Waals surface area (Å²) in [5, 5.41) is 9.09. The molecule has 1 atom stereocenters. The number of methoxy groups -OCH3 is 1. The Bertz CT molecular complexity index is 827. The van der Waals surface area contributed by atoms with Crippen LogP contribution in [0.25, 0.3) is 0 Å². The van der Waals surface area contributed by atoms with Gasteiger partial charge >= 0.3 is 0 Å². The van der Waals surface area contributed by atoms with Crippen LogP contribution in [0.1, 0.15) is 22.0 Å². The van der Waals surface area contributed by atoms with Crippen molar-refractivity contribution in [3.8, 4) is 17.6 Å². The van der Waals surface area contributed by atoms with Crippen molar-refractivity contribution in [2.24, 2.45) is 0 Å². The van der Waals surface area contributed by atoms with Gasteiger partial charge in [0.05, 0.1) is 18.9 Å². The summed E-state index contributed by atoms with van der Waals surface area (Å²) < 4.78 is 11.2. The number of hydrogen-bond donors (Lipinski definition) is 0. The van der Waals surface area contributed by atoms with E-state index in [1.165, 1.54) is 24.1 Å². The molecule has 0 bridgehead atoms. The number of ether oxygens (including phenoxy) is 2. The molecule has 0 aromatic heterocycles. The van der Waals surface area contributed by atoms with E-state index in [-0.39, 0.29) is 12.5 Å². The molecule has 0 saturated heterocycles. The average Bonchev–Trinajstić information content (AvgIpc) is 2.63. The third kappa shape index (κ3) is 2.57. The van der Waals surface area contributed by atoms with Crippen LogP contribution in [0.15, 0.2) is 42.5 Å². The number of benzene rings is 2. The van der Waals surface area contributed by atoms with E-state index >= 15 is 0 Å². The fraction of sp³-hybridized carbons (Fsp3) is 0.167. The van der Waals surface area contributed by atoms with Crippen molar-refractivity contribution in [2.45, 2.75) is 6.10 Å². The van der Waals surface area contributed by atoms with E-state index in [2.05, 4.69) is 0 Å². The minimum absolute atomic E-state index is 0.149. The average molecular weight is 322 g/mol. The van der Waals surface area contributed by atoms with E-state index in [4.69, 9.17) is 14.7 Å². The summed E-state index contributed by atoms with van der Waals surface area (Å²) in [6, 6.07) is 14.1. The molecule has 6 heteroatoms. The van der Waals surface area contributed by atoms with Crippen molar-refractivity contribution in [3.63, 3.8) is 0 Å². The first-order chi connectivity index (χ1) is 11.7. The minimum atomic E-state index is -0.872. The summed E-state index contributed by atoms with van der Waals surface area (Å²) in [6.07, 6.45) is -0.218. The minimum Gasteiger partial charge on any atom is -0.493 e. The van der Waals surface area contributed by atoms with E-state index < -0.39 is 6.10 Å². The molecule has 1 aliphatic heterocycles. The predicted octanol–water partition coefficient (Wildman–Crippen LogP) is 2.50. The SMILES string of the molecule is COc1cc(C=O)cc2c1OC(c1ccccc1)C(=O)N2CC#N. The molecule has 2 aromatic rings. The van der Waals surface area contributed by atoms with Gasteiger partial charge in [0.15, 0.2) is 11.5 Å². The van der Waals surface area contributed by atoms with Crippen LogP contribution in [0, 0.1) is 11.3 Å². The van der Waals surface area contributed by atoms with Crippen molar-refractivity contribution in [2.75, 3.05) is 18.6 Å². The van der Waals surface area contributed by atoms with Gasteiger partial charge < -0.3 is 9.47 Å². The Morgan fingerprint density at radius 2 is 2.08 bits per heavy atom. The number of anilines is 1. The van der Waals surface area contributed by atoms with Crippen LogP contribution in [-0.4, -0.2) is 25.8 Å². The fourth-order valence-electron chi connectivity index (χ4n) is 2.65. The largest absolute Gasteiger partial charge is 0.493 e. The zero-order valence-corrected chi connectivity index (χ0v) is 12.9. The van der Waals surface area contributed by atoms with Gasteiger partial charge in [-0.2, -0.15) is 5.26 Å². The van der Waals surface area contributed by atoms with Crippen molar-refractivity contribution in [1.82, 2.24) is 0 Å². The highest BCUT2D eigenvalue weighted by Crippen LogP contribution is 2.45. The predicted molar refractivity (Wildman–Crippen MR) is 86.2 cm³/mol. The molecule has 1 unspecified atom stereocenters. The second kappa shape index (κ2) is 6.42. The number of carbonyl (C=O) groups excluding carboxylic acids is 2. The highest BCUT2D eigenvalue weighted by Gasteiger charge is 2.37. The molecule has 0 radical (unpaired) electrons. The summed E-state index contributed by atoms with van der Waals surface area (Å²) in [4.78, 5) is 25.2. The van der Waals surface area contributed by atoms with Crippen LogP contribution < -0.4 is 14.4 Å². The van der Waals surface area contributed by atoms with Crippen molar-refractivity contribution in [3.05, 3.63) is 53.6 Å². The Kier molecular flexibility index (Phi) is 4.17. The molecule has 0 aliphatic carbocycles. The van der Waals surface area contributed by atoms with Gasteiger partial charge in [0, 0.05) is 11.1 Å². The molecule has 0 saturated carbocycles. The Labute approximate surface area is 138 Å². The van der Waals surface area contributed by atoms with Gasteiger partial charge in [-0.05, 0) is 12.1 Å². The molecule has 2 aromatic carbocycles.